The Labute approximate surface area is 167 Å². The molecule has 1 atom stereocenters. The number of halogens is 1. The molecule has 0 saturated carbocycles. The van der Waals surface area contributed by atoms with Crippen LogP contribution < -0.4 is 15.5 Å². The van der Waals surface area contributed by atoms with Crippen LogP contribution in [0.25, 0.3) is 0 Å². The fourth-order valence-corrected chi connectivity index (χ4v) is 4.40. The lowest BCUT2D eigenvalue weighted by atomic mass is 10.1. The van der Waals surface area contributed by atoms with E-state index in [-0.39, 0.29) is 12.1 Å². The highest BCUT2D eigenvalue weighted by molar-refractivity contribution is 7.10. The van der Waals surface area contributed by atoms with Gasteiger partial charge in [0.2, 0.25) is 0 Å². The number of carbonyl (C=O) groups excluding carboxylic acids is 1. The van der Waals surface area contributed by atoms with Gasteiger partial charge in [-0.25, -0.2) is 4.79 Å². The Balaban J connectivity index is 1.46. The van der Waals surface area contributed by atoms with Crippen LogP contribution in [0.2, 0.25) is 5.02 Å². The maximum absolute atomic E-state index is 12.4. The zero-order valence-corrected chi connectivity index (χ0v) is 16.3. The van der Waals surface area contributed by atoms with Crippen LogP contribution in [-0.4, -0.2) is 19.1 Å². The molecule has 0 saturated heterocycles. The summed E-state index contributed by atoms with van der Waals surface area (Å²) >= 11 is 7.61. The van der Waals surface area contributed by atoms with Crippen molar-refractivity contribution in [2.75, 3.05) is 23.3 Å². The first-order valence-corrected chi connectivity index (χ1v) is 10.1. The number of para-hydroxylation sites is 1. The summed E-state index contributed by atoms with van der Waals surface area (Å²) < 4.78 is 0. The highest BCUT2D eigenvalue weighted by Crippen LogP contribution is 2.36. The third kappa shape index (κ3) is 4.10. The second kappa shape index (κ2) is 8.03. The molecule has 1 aromatic heterocycles. The number of anilines is 2. The molecule has 2 heterocycles. The maximum atomic E-state index is 12.4. The van der Waals surface area contributed by atoms with Crippen molar-refractivity contribution in [2.24, 2.45) is 0 Å². The molecule has 2 N–H and O–H groups in total. The van der Waals surface area contributed by atoms with Gasteiger partial charge >= 0.3 is 6.03 Å². The van der Waals surface area contributed by atoms with E-state index in [2.05, 4.69) is 57.3 Å². The molecule has 0 bridgehead atoms. The zero-order chi connectivity index (χ0) is 18.6. The van der Waals surface area contributed by atoms with Gasteiger partial charge in [-0.3, -0.25) is 0 Å². The maximum Gasteiger partial charge on any atom is 0.319 e. The highest BCUT2D eigenvalue weighted by atomic mass is 35.5. The van der Waals surface area contributed by atoms with Gasteiger partial charge in [0.05, 0.1) is 6.04 Å². The van der Waals surface area contributed by atoms with Crippen molar-refractivity contribution in [1.29, 1.82) is 0 Å². The predicted molar refractivity (Wildman–Crippen MR) is 113 cm³/mol. The number of nitrogens with zero attached hydrogens (tertiary/aromatic N) is 1. The number of carbonyl (C=O) groups is 1. The van der Waals surface area contributed by atoms with Crippen LogP contribution in [0, 0.1) is 0 Å². The minimum Gasteiger partial charge on any atom is -0.361 e. The first-order valence-electron chi connectivity index (χ1n) is 8.89. The summed E-state index contributed by atoms with van der Waals surface area (Å²) in [5, 5.41) is 8.61. The van der Waals surface area contributed by atoms with Gasteiger partial charge in [0, 0.05) is 34.4 Å². The van der Waals surface area contributed by atoms with Crippen molar-refractivity contribution in [1.82, 2.24) is 5.32 Å². The second-order valence-electron chi connectivity index (χ2n) is 6.45. The van der Waals surface area contributed by atoms with Gasteiger partial charge in [0.15, 0.2) is 0 Å². The topological polar surface area (TPSA) is 44.4 Å². The molecule has 0 fully saturated rings. The Kier molecular flexibility index (Phi) is 5.32. The third-order valence-corrected chi connectivity index (χ3v) is 5.95. The normalized spacial score (nSPS) is 13.9. The zero-order valence-electron chi connectivity index (χ0n) is 14.7. The van der Waals surface area contributed by atoms with E-state index in [1.165, 1.54) is 16.1 Å². The van der Waals surface area contributed by atoms with Crippen molar-refractivity contribution < 1.29 is 4.79 Å². The van der Waals surface area contributed by atoms with Gasteiger partial charge in [-0.1, -0.05) is 35.9 Å². The number of benzene rings is 2. The largest absolute Gasteiger partial charge is 0.361 e. The summed E-state index contributed by atoms with van der Waals surface area (Å²) in [7, 11) is 0. The standard InChI is InChI=1S/C21H20ClN3OS/c22-16-7-9-17(10-8-16)24-21(26)23-14-19(20-6-3-13-27-20)25-12-11-15-4-1-2-5-18(15)25/h1-10,13,19H,11-12,14H2,(H2,23,24,26)/t19-/m0/s1. The van der Waals surface area contributed by atoms with Crippen molar-refractivity contribution in [3.63, 3.8) is 0 Å². The van der Waals surface area contributed by atoms with Gasteiger partial charge in [-0.15, -0.1) is 11.3 Å². The summed E-state index contributed by atoms with van der Waals surface area (Å²) in [4.78, 5) is 16.0. The summed E-state index contributed by atoms with van der Waals surface area (Å²) in [5.74, 6) is 0. The fraction of sp³-hybridized carbons (Fsp3) is 0.190. The van der Waals surface area contributed by atoms with E-state index in [1.54, 1.807) is 35.6 Å². The number of nitrogens with one attached hydrogen (secondary N) is 2. The molecule has 0 radical (unpaired) electrons. The number of hydrogen-bond acceptors (Lipinski definition) is 3. The van der Waals surface area contributed by atoms with Crippen LogP contribution in [0.3, 0.4) is 0 Å². The fourth-order valence-electron chi connectivity index (χ4n) is 3.43. The molecular formula is C21H20ClN3OS. The summed E-state index contributed by atoms with van der Waals surface area (Å²) in [6, 6.07) is 19.7. The molecule has 3 aromatic rings. The average Bonchev–Trinajstić information content (AvgIpc) is 3.35. The van der Waals surface area contributed by atoms with Crippen molar-refractivity contribution >= 4 is 40.3 Å². The Morgan fingerprint density at radius 2 is 1.93 bits per heavy atom. The average molecular weight is 398 g/mol. The van der Waals surface area contributed by atoms with Gasteiger partial charge in [0.1, 0.15) is 0 Å². The monoisotopic (exact) mass is 397 g/mol. The minimum absolute atomic E-state index is 0.115. The van der Waals surface area contributed by atoms with Gasteiger partial charge in [-0.2, -0.15) is 0 Å². The molecule has 2 amide bonds. The Bertz CT molecular complexity index is 911. The van der Waals surface area contributed by atoms with Crippen LogP contribution in [0.4, 0.5) is 16.2 Å². The van der Waals surface area contributed by atoms with E-state index < -0.39 is 0 Å². The van der Waals surface area contributed by atoms with Crippen molar-refractivity contribution in [2.45, 2.75) is 12.5 Å². The van der Waals surface area contributed by atoms with Gasteiger partial charge < -0.3 is 15.5 Å². The van der Waals surface area contributed by atoms with Crippen molar-refractivity contribution in [3.8, 4) is 0 Å². The molecule has 6 heteroatoms. The lowest BCUT2D eigenvalue weighted by Gasteiger charge is -2.30. The first-order chi connectivity index (χ1) is 13.2. The van der Waals surface area contributed by atoms with Crippen LogP contribution >= 0.6 is 22.9 Å². The lowest BCUT2D eigenvalue weighted by molar-refractivity contribution is 0.251. The van der Waals surface area contributed by atoms with E-state index in [9.17, 15) is 4.79 Å². The summed E-state index contributed by atoms with van der Waals surface area (Å²) in [6.45, 7) is 1.50. The Morgan fingerprint density at radius 3 is 2.70 bits per heavy atom. The lowest BCUT2D eigenvalue weighted by Crippen LogP contribution is -2.38. The summed E-state index contributed by atoms with van der Waals surface area (Å²) in [5.41, 5.74) is 3.34. The van der Waals surface area contributed by atoms with Gasteiger partial charge in [0.25, 0.3) is 0 Å². The molecule has 0 aliphatic carbocycles. The molecule has 4 nitrogen and oxygen atoms in total. The second-order valence-corrected chi connectivity index (χ2v) is 7.86. The first kappa shape index (κ1) is 17.9. The van der Waals surface area contributed by atoms with E-state index in [0.29, 0.717) is 11.6 Å². The molecule has 0 unspecified atom stereocenters. The molecule has 4 rings (SSSR count). The van der Waals surface area contributed by atoms with Crippen LogP contribution in [0.1, 0.15) is 16.5 Å². The molecule has 1 aliphatic heterocycles. The van der Waals surface area contributed by atoms with E-state index >= 15 is 0 Å². The van der Waals surface area contributed by atoms with Gasteiger partial charge in [-0.05, 0) is 53.8 Å². The van der Waals surface area contributed by atoms with E-state index in [4.69, 9.17) is 11.6 Å². The Hall–Kier alpha value is -2.50. The molecule has 2 aromatic carbocycles. The molecule has 27 heavy (non-hydrogen) atoms. The molecule has 1 aliphatic rings. The third-order valence-electron chi connectivity index (χ3n) is 4.73. The van der Waals surface area contributed by atoms with E-state index in [1.807, 2.05) is 0 Å². The number of rotatable bonds is 5. The SMILES string of the molecule is O=C(NC[C@@H](c1cccs1)N1CCc2ccccc21)Nc1ccc(Cl)cc1. The van der Waals surface area contributed by atoms with Crippen LogP contribution in [0.15, 0.2) is 66.0 Å². The van der Waals surface area contributed by atoms with E-state index in [0.717, 1.165) is 18.7 Å². The molecule has 138 valence electrons. The Morgan fingerprint density at radius 1 is 1.11 bits per heavy atom. The smallest absolute Gasteiger partial charge is 0.319 e. The predicted octanol–water partition coefficient (Wildman–Crippen LogP) is 5.33. The highest BCUT2D eigenvalue weighted by Gasteiger charge is 2.27. The summed E-state index contributed by atoms with van der Waals surface area (Å²) in [6.07, 6.45) is 1.04. The van der Waals surface area contributed by atoms with Crippen LogP contribution in [-0.2, 0) is 6.42 Å². The van der Waals surface area contributed by atoms with Crippen molar-refractivity contribution in [3.05, 3.63) is 81.5 Å². The number of hydrogen-bond donors (Lipinski definition) is 2. The number of fused-ring (bicyclic) bond motifs is 1. The minimum atomic E-state index is -0.216. The quantitative estimate of drug-likeness (QED) is 0.611. The number of urea groups is 1. The number of thiophene rings is 1. The molecule has 0 spiro atoms. The van der Waals surface area contributed by atoms with Crippen LogP contribution in [0.5, 0.6) is 0 Å². The molecular weight excluding hydrogens is 378 g/mol. The number of amides is 2.